The summed E-state index contributed by atoms with van der Waals surface area (Å²) in [5.74, 6) is -0.200. The summed E-state index contributed by atoms with van der Waals surface area (Å²) in [5.41, 5.74) is 1.52. The number of likely N-dealkylation sites (N-methyl/N-ethyl adjacent to an activating group) is 1. The molecule has 0 aliphatic rings. The predicted molar refractivity (Wildman–Crippen MR) is 82.4 cm³/mol. The summed E-state index contributed by atoms with van der Waals surface area (Å²) in [6.45, 7) is 6.86. The van der Waals surface area contributed by atoms with Crippen LogP contribution >= 0.6 is 11.3 Å². The average Bonchev–Trinajstić information content (AvgIpc) is 2.75. The van der Waals surface area contributed by atoms with Crippen molar-refractivity contribution >= 4 is 22.8 Å². The van der Waals surface area contributed by atoms with E-state index in [2.05, 4.69) is 0 Å². The molecule has 0 spiro atoms. The minimum atomic E-state index is -0.282. The fraction of sp³-hybridized carbons (Fsp3) is 0.312. The molecule has 0 radical (unpaired) electrons. The van der Waals surface area contributed by atoms with Gasteiger partial charge in [0.25, 0.3) is 0 Å². The zero-order valence-electron chi connectivity index (χ0n) is 11.9. The van der Waals surface area contributed by atoms with Crippen LogP contribution in [0.2, 0.25) is 0 Å². The summed E-state index contributed by atoms with van der Waals surface area (Å²) in [6.07, 6.45) is 0. The van der Waals surface area contributed by atoms with Gasteiger partial charge in [-0.15, -0.1) is 11.3 Å². The molecule has 0 aliphatic heterocycles. The Morgan fingerprint density at radius 3 is 2.60 bits per heavy atom. The molecule has 0 N–H and O–H groups in total. The van der Waals surface area contributed by atoms with Crippen LogP contribution in [0.3, 0.4) is 0 Å². The number of carbonyl (C=O) groups excluding carboxylic acids is 1. The molecule has 0 saturated heterocycles. The van der Waals surface area contributed by atoms with Gasteiger partial charge < -0.3 is 4.90 Å². The molecular weight excluding hydrogens is 273 g/mol. The van der Waals surface area contributed by atoms with E-state index in [1.54, 1.807) is 17.4 Å². The van der Waals surface area contributed by atoms with Gasteiger partial charge in [-0.25, -0.2) is 4.39 Å². The maximum atomic E-state index is 13.3. The maximum absolute atomic E-state index is 13.3. The number of halogens is 1. The number of aryl methyl sites for hydroxylation is 2. The maximum Gasteiger partial charge on any atom is 0.183 e. The van der Waals surface area contributed by atoms with E-state index in [1.165, 1.54) is 12.1 Å². The molecule has 1 aromatic carbocycles. The third-order valence-corrected chi connectivity index (χ3v) is 4.20. The molecule has 2 nitrogen and oxygen atoms in total. The van der Waals surface area contributed by atoms with Crippen LogP contribution in [0.4, 0.5) is 10.1 Å². The zero-order chi connectivity index (χ0) is 14.7. The Labute approximate surface area is 122 Å². The van der Waals surface area contributed by atoms with Gasteiger partial charge >= 0.3 is 0 Å². The Hall–Kier alpha value is -1.68. The van der Waals surface area contributed by atoms with Crippen molar-refractivity contribution in [2.45, 2.75) is 20.8 Å². The van der Waals surface area contributed by atoms with Crippen LogP contribution in [0.1, 0.15) is 27.0 Å². The average molecular weight is 291 g/mol. The van der Waals surface area contributed by atoms with E-state index in [4.69, 9.17) is 0 Å². The molecule has 20 heavy (non-hydrogen) atoms. The molecule has 2 aromatic rings. The van der Waals surface area contributed by atoms with Crippen LogP contribution in [-0.4, -0.2) is 18.9 Å². The third kappa shape index (κ3) is 3.25. The molecule has 0 fully saturated rings. The van der Waals surface area contributed by atoms with Gasteiger partial charge in [0, 0.05) is 27.5 Å². The van der Waals surface area contributed by atoms with E-state index in [1.807, 2.05) is 37.8 Å². The second-order valence-electron chi connectivity index (χ2n) is 4.74. The standard InChI is InChI=1S/C16H18FNOS/c1-4-18(14-7-5-6-13(17)9-14)10-16(19)15-8-11(2)20-12(15)3/h5-9H,4,10H2,1-3H3. The normalized spacial score (nSPS) is 10.6. The SMILES string of the molecule is CCN(CC(=O)c1cc(C)sc1C)c1cccc(F)c1. The van der Waals surface area contributed by atoms with Gasteiger partial charge in [0.15, 0.2) is 5.78 Å². The fourth-order valence-electron chi connectivity index (χ4n) is 2.22. The smallest absolute Gasteiger partial charge is 0.183 e. The lowest BCUT2D eigenvalue weighted by Crippen LogP contribution is -2.29. The molecular formula is C16H18FNOS. The number of anilines is 1. The largest absolute Gasteiger partial charge is 0.364 e. The molecule has 0 amide bonds. The number of rotatable bonds is 5. The van der Waals surface area contributed by atoms with Gasteiger partial charge in [0.05, 0.1) is 6.54 Å². The zero-order valence-corrected chi connectivity index (χ0v) is 12.8. The van der Waals surface area contributed by atoms with Gasteiger partial charge in [0.1, 0.15) is 5.82 Å². The number of ketones is 1. The Bertz CT molecular complexity index is 621. The van der Waals surface area contributed by atoms with Crippen molar-refractivity contribution < 1.29 is 9.18 Å². The minimum absolute atomic E-state index is 0.0814. The van der Waals surface area contributed by atoms with E-state index < -0.39 is 0 Å². The highest BCUT2D eigenvalue weighted by Gasteiger charge is 2.16. The second-order valence-corrected chi connectivity index (χ2v) is 6.20. The van der Waals surface area contributed by atoms with Crippen molar-refractivity contribution in [1.29, 1.82) is 0 Å². The number of hydrogen-bond acceptors (Lipinski definition) is 3. The summed E-state index contributed by atoms with van der Waals surface area (Å²) in [5, 5.41) is 0. The number of nitrogens with zero attached hydrogens (tertiary/aromatic N) is 1. The van der Waals surface area contributed by atoms with Crippen LogP contribution < -0.4 is 4.90 Å². The highest BCUT2D eigenvalue weighted by molar-refractivity contribution is 7.12. The Morgan fingerprint density at radius 2 is 2.05 bits per heavy atom. The first-order valence-electron chi connectivity index (χ1n) is 6.62. The quantitative estimate of drug-likeness (QED) is 0.769. The molecule has 4 heteroatoms. The highest BCUT2D eigenvalue weighted by Crippen LogP contribution is 2.22. The molecule has 2 rings (SSSR count). The van der Waals surface area contributed by atoms with Gasteiger partial charge in [-0.05, 0) is 45.0 Å². The number of thiophene rings is 1. The number of Topliss-reactive ketones (excluding diaryl/α,β-unsaturated/α-hetero) is 1. The van der Waals surface area contributed by atoms with Crippen LogP contribution in [0, 0.1) is 19.7 Å². The Kier molecular flexibility index (Phi) is 4.55. The molecule has 0 aliphatic carbocycles. The van der Waals surface area contributed by atoms with E-state index in [-0.39, 0.29) is 18.1 Å². The minimum Gasteiger partial charge on any atom is -0.364 e. The third-order valence-electron chi connectivity index (χ3n) is 3.23. The van der Waals surface area contributed by atoms with Crippen LogP contribution in [0.25, 0.3) is 0 Å². The molecule has 0 unspecified atom stereocenters. The lowest BCUT2D eigenvalue weighted by Gasteiger charge is -2.22. The molecule has 106 valence electrons. The number of hydrogen-bond donors (Lipinski definition) is 0. The summed E-state index contributed by atoms with van der Waals surface area (Å²) in [6, 6.07) is 8.29. The van der Waals surface area contributed by atoms with E-state index >= 15 is 0 Å². The van der Waals surface area contributed by atoms with Crippen molar-refractivity contribution in [3.63, 3.8) is 0 Å². The lowest BCUT2D eigenvalue weighted by molar-refractivity contribution is 0.0999. The van der Waals surface area contributed by atoms with Gasteiger partial charge in [0.2, 0.25) is 0 Å². The highest BCUT2D eigenvalue weighted by atomic mass is 32.1. The number of benzene rings is 1. The first-order chi connectivity index (χ1) is 9.51. The molecule has 1 aromatic heterocycles. The summed E-state index contributed by atoms with van der Waals surface area (Å²) < 4.78 is 13.3. The van der Waals surface area contributed by atoms with E-state index in [0.29, 0.717) is 6.54 Å². The Balaban J connectivity index is 2.18. The van der Waals surface area contributed by atoms with Crippen molar-refractivity contribution in [2.24, 2.45) is 0 Å². The van der Waals surface area contributed by atoms with Crippen molar-refractivity contribution in [2.75, 3.05) is 18.0 Å². The summed E-state index contributed by atoms with van der Waals surface area (Å²) >= 11 is 1.63. The van der Waals surface area contributed by atoms with Gasteiger partial charge in [-0.3, -0.25) is 4.79 Å². The van der Waals surface area contributed by atoms with Gasteiger partial charge in [-0.1, -0.05) is 6.07 Å². The monoisotopic (exact) mass is 291 g/mol. The van der Waals surface area contributed by atoms with Gasteiger partial charge in [-0.2, -0.15) is 0 Å². The summed E-state index contributed by atoms with van der Waals surface area (Å²) in [4.78, 5) is 16.4. The van der Waals surface area contributed by atoms with E-state index in [0.717, 1.165) is 21.0 Å². The van der Waals surface area contributed by atoms with Crippen molar-refractivity contribution in [3.8, 4) is 0 Å². The topological polar surface area (TPSA) is 20.3 Å². The number of carbonyl (C=O) groups is 1. The summed E-state index contributed by atoms with van der Waals surface area (Å²) in [7, 11) is 0. The fourth-order valence-corrected chi connectivity index (χ4v) is 3.17. The van der Waals surface area contributed by atoms with Crippen LogP contribution in [-0.2, 0) is 0 Å². The second kappa shape index (κ2) is 6.18. The predicted octanol–water partition coefficient (Wildman–Crippen LogP) is 4.21. The van der Waals surface area contributed by atoms with E-state index in [9.17, 15) is 9.18 Å². The lowest BCUT2D eigenvalue weighted by atomic mass is 10.1. The first-order valence-corrected chi connectivity index (χ1v) is 7.43. The Morgan fingerprint density at radius 1 is 1.30 bits per heavy atom. The molecule has 0 bridgehead atoms. The van der Waals surface area contributed by atoms with Crippen LogP contribution in [0.15, 0.2) is 30.3 Å². The van der Waals surface area contributed by atoms with Crippen molar-refractivity contribution in [1.82, 2.24) is 0 Å². The van der Waals surface area contributed by atoms with Crippen molar-refractivity contribution in [3.05, 3.63) is 51.5 Å². The molecule has 1 heterocycles. The molecule has 0 atom stereocenters. The van der Waals surface area contributed by atoms with Crippen LogP contribution in [0.5, 0.6) is 0 Å². The molecule has 0 saturated carbocycles. The first kappa shape index (κ1) is 14.7.